The second-order valence-corrected chi connectivity index (χ2v) is 4.12. The zero-order valence-corrected chi connectivity index (χ0v) is 9.67. The zero-order chi connectivity index (χ0) is 11.5. The van der Waals surface area contributed by atoms with Gasteiger partial charge in [0.15, 0.2) is 5.82 Å². The molecule has 0 radical (unpaired) electrons. The van der Waals surface area contributed by atoms with E-state index in [4.69, 9.17) is 5.73 Å². The Kier molecular flexibility index (Phi) is 3.00. The van der Waals surface area contributed by atoms with Crippen molar-refractivity contribution in [3.05, 3.63) is 26.8 Å². The van der Waals surface area contributed by atoms with Crippen LogP contribution in [0.25, 0.3) is 11.5 Å². The number of anilines is 1. The molecule has 5 nitrogen and oxygen atoms in total. The van der Waals surface area contributed by atoms with Crippen LogP contribution >= 0.6 is 11.3 Å². The first-order valence-electron chi connectivity index (χ1n) is 4.99. The van der Waals surface area contributed by atoms with Crippen molar-refractivity contribution in [3.8, 4) is 11.5 Å². The fraction of sp³-hybridized carbons (Fsp3) is 0.300. The van der Waals surface area contributed by atoms with Crippen molar-refractivity contribution < 1.29 is 0 Å². The molecule has 0 unspecified atom stereocenters. The third-order valence-electron chi connectivity index (χ3n) is 2.22. The molecule has 0 spiro atoms. The minimum absolute atomic E-state index is 0.169. The average Bonchev–Trinajstić information content (AvgIpc) is 2.76. The number of nitrogen functional groups attached to an aromatic ring is 1. The van der Waals surface area contributed by atoms with E-state index in [1.54, 1.807) is 5.51 Å². The largest absolute Gasteiger partial charge is 0.383 e. The van der Waals surface area contributed by atoms with E-state index < -0.39 is 0 Å². The molecule has 0 saturated heterocycles. The molecular formula is C10H12N4OS. The van der Waals surface area contributed by atoms with Crippen molar-refractivity contribution in [1.82, 2.24) is 15.0 Å². The van der Waals surface area contributed by atoms with Crippen molar-refractivity contribution in [2.24, 2.45) is 0 Å². The summed E-state index contributed by atoms with van der Waals surface area (Å²) in [5, 5.41) is 1.82. The SMILES string of the molecule is CCCc1c(N)nc(-c2cscn2)[nH]c1=O. The van der Waals surface area contributed by atoms with Crippen molar-refractivity contribution in [2.45, 2.75) is 19.8 Å². The molecule has 2 aromatic heterocycles. The molecule has 16 heavy (non-hydrogen) atoms. The number of hydrogen-bond donors (Lipinski definition) is 2. The van der Waals surface area contributed by atoms with E-state index in [1.165, 1.54) is 11.3 Å². The van der Waals surface area contributed by atoms with Gasteiger partial charge < -0.3 is 10.7 Å². The third-order valence-corrected chi connectivity index (χ3v) is 2.81. The molecule has 0 aromatic carbocycles. The highest BCUT2D eigenvalue weighted by Crippen LogP contribution is 2.15. The maximum Gasteiger partial charge on any atom is 0.256 e. The van der Waals surface area contributed by atoms with Gasteiger partial charge in [-0.1, -0.05) is 13.3 Å². The molecule has 6 heteroatoms. The van der Waals surface area contributed by atoms with Crippen LogP contribution in [0.4, 0.5) is 5.82 Å². The van der Waals surface area contributed by atoms with Crippen LogP contribution in [0.15, 0.2) is 15.7 Å². The Balaban J connectivity index is 2.49. The third kappa shape index (κ3) is 1.96. The van der Waals surface area contributed by atoms with Gasteiger partial charge in [-0.05, 0) is 6.42 Å². The van der Waals surface area contributed by atoms with Gasteiger partial charge in [0.25, 0.3) is 5.56 Å². The van der Waals surface area contributed by atoms with E-state index in [2.05, 4.69) is 15.0 Å². The molecule has 0 bridgehead atoms. The van der Waals surface area contributed by atoms with Gasteiger partial charge in [0.05, 0.1) is 11.1 Å². The Morgan fingerprint density at radius 3 is 2.94 bits per heavy atom. The van der Waals surface area contributed by atoms with Crippen LogP contribution in [-0.4, -0.2) is 15.0 Å². The summed E-state index contributed by atoms with van der Waals surface area (Å²) in [4.78, 5) is 22.7. The van der Waals surface area contributed by atoms with Crippen LogP contribution in [0.2, 0.25) is 0 Å². The fourth-order valence-corrected chi connectivity index (χ4v) is 1.99. The standard InChI is InChI=1S/C10H12N4OS/c1-2-3-6-8(11)13-9(14-10(6)15)7-4-16-5-12-7/h4-5H,2-3H2,1H3,(H3,11,13,14,15). The highest BCUT2D eigenvalue weighted by molar-refractivity contribution is 7.07. The topological polar surface area (TPSA) is 84.7 Å². The van der Waals surface area contributed by atoms with Crippen LogP contribution in [-0.2, 0) is 6.42 Å². The molecule has 0 fully saturated rings. The van der Waals surface area contributed by atoms with E-state index in [9.17, 15) is 4.79 Å². The quantitative estimate of drug-likeness (QED) is 0.844. The Hall–Kier alpha value is -1.69. The number of hydrogen-bond acceptors (Lipinski definition) is 5. The van der Waals surface area contributed by atoms with Crippen LogP contribution in [0, 0.1) is 0 Å². The summed E-state index contributed by atoms with van der Waals surface area (Å²) in [5.74, 6) is 0.734. The molecule has 0 aliphatic rings. The lowest BCUT2D eigenvalue weighted by Gasteiger charge is -2.03. The summed E-state index contributed by atoms with van der Waals surface area (Å²) in [6.45, 7) is 1.99. The molecule has 84 valence electrons. The number of nitrogens with zero attached hydrogens (tertiary/aromatic N) is 2. The average molecular weight is 236 g/mol. The first kappa shape index (κ1) is 10.8. The number of H-pyrrole nitrogens is 1. The van der Waals surface area contributed by atoms with Gasteiger partial charge in [-0.3, -0.25) is 4.79 Å². The van der Waals surface area contributed by atoms with E-state index in [0.29, 0.717) is 29.3 Å². The predicted octanol–water partition coefficient (Wildman–Crippen LogP) is 1.43. The number of aromatic nitrogens is 3. The number of nitrogens with one attached hydrogen (secondary N) is 1. The summed E-state index contributed by atoms with van der Waals surface area (Å²) in [6, 6.07) is 0. The summed E-state index contributed by atoms with van der Waals surface area (Å²) >= 11 is 1.45. The molecule has 0 aliphatic carbocycles. The molecule has 0 aliphatic heterocycles. The molecule has 0 amide bonds. The van der Waals surface area contributed by atoms with E-state index in [0.717, 1.165) is 6.42 Å². The van der Waals surface area contributed by atoms with Gasteiger partial charge in [0.1, 0.15) is 11.5 Å². The number of aromatic amines is 1. The lowest BCUT2D eigenvalue weighted by Crippen LogP contribution is -2.18. The van der Waals surface area contributed by atoms with Crippen LogP contribution < -0.4 is 11.3 Å². The lowest BCUT2D eigenvalue weighted by molar-refractivity contribution is 0.891. The molecule has 2 rings (SSSR count). The van der Waals surface area contributed by atoms with Gasteiger partial charge in [-0.15, -0.1) is 11.3 Å². The van der Waals surface area contributed by atoms with E-state index in [-0.39, 0.29) is 5.56 Å². The van der Waals surface area contributed by atoms with Gasteiger partial charge in [-0.2, -0.15) is 0 Å². The molecule has 0 atom stereocenters. The number of thiazole rings is 1. The first-order chi connectivity index (χ1) is 7.72. The van der Waals surface area contributed by atoms with Crippen LogP contribution in [0.3, 0.4) is 0 Å². The van der Waals surface area contributed by atoms with Gasteiger partial charge in [-0.25, -0.2) is 9.97 Å². The van der Waals surface area contributed by atoms with Gasteiger partial charge in [0, 0.05) is 5.38 Å². The summed E-state index contributed by atoms with van der Waals surface area (Å²) < 4.78 is 0. The Morgan fingerprint density at radius 2 is 2.38 bits per heavy atom. The van der Waals surface area contributed by atoms with Crippen molar-refractivity contribution in [1.29, 1.82) is 0 Å². The minimum atomic E-state index is -0.169. The molecule has 0 saturated carbocycles. The predicted molar refractivity (Wildman–Crippen MR) is 64.4 cm³/mol. The fourth-order valence-electron chi connectivity index (χ4n) is 1.46. The van der Waals surface area contributed by atoms with E-state index in [1.807, 2.05) is 12.3 Å². The Labute approximate surface area is 96.4 Å². The molecule has 2 heterocycles. The minimum Gasteiger partial charge on any atom is -0.383 e. The van der Waals surface area contributed by atoms with Crippen LogP contribution in [0.5, 0.6) is 0 Å². The Bertz CT molecular complexity index is 532. The Morgan fingerprint density at radius 1 is 1.56 bits per heavy atom. The molecular weight excluding hydrogens is 224 g/mol. The molecule has 3 N–H and O–H groups in total. The van der Waals surface area contributed by atoms with Crippen molar-refractivity contribution in [3.63, 3.8) is 0 Å². The maximum atomic E-state index is 11.7. The second kappa shape index (κ2) is 4.44. The summed E-state index contributed by atoms with van der Waals surface area (Å²) in [5.41, 5.74) is 8.48. The highest BCUT2D eigenvalue weighted by Gasteiger charge is 2.10. The summed E-state index contributed by atoms with van der Waals surface area (Å²) in [7, 11) is 0. The van der Waals surface area contributed by atoms with Crippen LogP contribution in [0.1, 0.15) is 18.9 Å². The smallest absolute Gasteiger partial charge is 0.256 e. The maximum absolute atomic E-state index is 11.7. The number of nitrogens with two attached hydrogens (primary N) is 1. The molecule has 2 aromatic rings. The number of rotatable bonds is 3. The highest BCUT2D eigenvalue weighted by atomic mass is 32.1. The second-order valence-electron chi connectivity index (χ2n) is 3.40. The van der Waals surface area contributed by atoms with Crippen molar-refractivity contribution in [2.75, 3.05) is 5.73 Å². The normalized spacial score (nSPS) is 10.6. The van der Waals surface area contributed by atoms with Crippen molar-refractivity contribution >= 4 is 17.2 Å². The summed E-state index contributed by atoms with van der Waals surface area (Å²) in [6.07, 6.45) is 1.51. The zero-order valence-electron chi connectivity index (χ0n) is 8.86. The lowest BCUT2D eigenvalue weighted by atomic mass is 10.2. The van der Waals surface area contributed by atoms with E-state index >= 15 is 0 Å². The first-order valence-corrected chi connectivity index (χ1v) is 5.94. The van der Waals surface area contributed by atoms with Gasteiger partial charge in [0.2, 0.25) is 0 Å². The monoisotopic (exact) mass is 236 g/mol. The van der Waals surface area contributed by atoms with Gasteiger partial charge >= 0.3 is 0 Å².